The summed E-state index contributed by atoms with van der Waals surface area (Å²) >= 11 is 4.43. The summed E-state index contributed by atoms with van der Waals surface area (Å²) in [6.07, 6.45) is 0. The van der Waals surface area contributed by atoms with Crippen molar-refractivity contribution in [1.82, 2.24) is 0 Å². The lowest BCUT2D eigenvalue weighted by Crippen LogP contribution is -1.97. The van der Waals surface area contributed by atoms with Gasteiger partial charge < -0.3 is 5.32 Å². The van der Waals surface area contributed by atoms with Crippen LogP contribution in [0.5, 0.6) is 0 Å². The van der Waals surface area contributed by atoms with Gasteiger partial charge in [0.25, 0.3) is 0 Å². The van der Waals surface area contributed by atoms with E-state index in [-0.39, 0.29) is 0 Å². The first-order chi connectivity index (χ1) is 7.81. The smallest absolute Gasteiger partial charge is 0.0481 e. The highest BCUT2D eigenvalue weighted by atomic mass is 32.1. The number of hydrogen-bond acceptors (Lipinski definition) is 2. The summed E-state index contributed by atoms with van der Waals surface area (Å²) in [7, 11) is 0. The zero-order valence-electron chi connectivity index (χ0n) is 9.27. The van der Waals surface area contributed by atoms with Crippen LogP contribution >= 0.6 is 12.6 Å². The summed E-state index contributed by atoms with van der Waals surface area (Å²) < 4.78 is 0. The fourth-order valence-corrected chi connectivity index (χ4v) is 1.90. The van der Waals surface area contributed by atoms with Crippen molar-refractivity contribution in [2.75, 3.05) is 11.9 Å². The van der Waals surface area contributed by atoms with Gasteiger partial charge >= 0.3 is 0 Å². The van der Waals surface area contributed by atoms with Gasteiger partial charge in [0.05, 0.1) is 0 Å². The van der Waals surface area contributed by atoms with Gasteiger partial charge in [0.1, 0.15) is 0 Å². The van der Waals surface area contributed by atoms with Crippen molar-refractivity contribution in [2.45, 2.75) is 11.8 Å². The highest BCUT2D eigenvalue weighted by Crippen LogP contribution is 2.27. The average molecular weight is 229 g/mol. The fraction of sp³-hybridized carbons (Fsp3) is 0.143. The minimum atomic E-state index is 0.909. The Morgan fingerprint density at radius 1 is 1.00 bits per heavy atom. The van der Waals surface area contributed by atoms with Crippen molar-refractivity contribution in [1.29, 1.82) is 0 Å². The maximum Gasteiger partial charge on any atom is 0.0481 e. The van der Waals surface area contributed by atoms with Gasteiger partial charge in [-0.25, -0.2) is 0 Å². The quantitative estimate of drug-likeness (QED) is 0.756. The van der Waals surface area contributed by atoms with Gasteiger partial charge in [0, 0.05) is 17.1 Å². The Labute approximate surface area is 102 Å². The molecule has 0 aliphatic carbocycles. The zero-order valence-corrected chi connectivity index (χ0v) is 10.2. The maximum atomic E-state index is 4.43. The lowest BCUT2D eigenvalue weighted by Gasteiger charge is -2.09. The molecule has 0 fully saturated rings. The minimum Gasteiger partial charge on any atom is -0.384 e. The predicted octanol–water partition coefficient (Wildman–Crippen LogP) is 4.07. The van der Waals surface area contributed by atoms with Gasteiger partial charge in [-0.2, -0.15) is 0 Å². The van der Waals surface area contributed by atoms with E-state index in [0.29, 0.717) is 0 Å². The first kappa shape index (κ1) is 11.1. The molecule has 0 amide bonds. The van der Waals surface area contributed by atoms with E-state index in [9.17, 15) is 0 Å². The van der Waals surface area contributed by atoms with Gasteiger partial charge in [-0.1, -0.05) is 36.4 Å². The molecule has 2 aromatic rings. The molecule has 16 heavy (non-hydrogen) atoms. The van der Waals surface area contributed by atoms with E-state index in [1.165, 1.54) is 11.1 Å². The summed E-state index contributed by atoms with van der Waals surface area (Å²) in [6, 6.07) is 16.6. The van der Waals surface area contributed by atoms with E-state index < -0.39 is 0 Å². The maximum absolute atomic E-state index is 4.43. The molecule has 2 aromatic carbocycles. The number of anilines is 1. The third kappa shape index (κ3) is 2.39. The van der Waals surface area contributed by atoms with Crippen LogP contribution < -0.4 is 5.32 Å². The van der Waals surface area contributed by atoms with Crippen LogP contribution in [0.1, 0.15) is 6.92 Å². The van der Waals surface area contributed by atoms with Gasteiger partial charge in [-0.05, 0) is 30.2 Å². The van der Waals surface area contributed by atoms with E-state index in [4.69, 9.17) is 0 Å². The molecule has 0 unspecified atom stereocenters. The second kappa shape index (κ2) is 5.08. The third-order valence-corrected chi connectivity index (χ3v) is 2.86. The normalized spacial score (nSPS) is 10.1. The molecule has 0 aliphatic rings. The number of nitrogens with one attached hydrogen (secondary N) is 1. The molecule has 0 saturated heterocycles. The monoisotopic (exact) mass is 229 g/mol. The summed E-state index contributed by atoms with van der Waals surface area (Å²) in [4.78, 5) is 0.988. The summed E-state index contributed by atoms with van der Waals surface area (Å²) in [6.45, 7) is 2.99. The Balaban J connectivity index is 2.40. The van der Waals surface area contributed by atoms with Crippen LogP contribution in [0, 0.1) is 0 Å². The Kier molecular flexibility index (Phi) is 3.52. The van der Waals surface area contributed by atoms with Crippen LogP contribution in [0.25, 0.3) is 11.1 Å². The SMILES string of the molecule is CCNc1cc(-c2ccccc2)ccc1S. The van der Waals surface area contributed by atoms with E-state index in [2.05, 4.69) is 61.3 Å². The van der Waals surface area contributed by atoms with Gasteiger partial charge in [0.15, 0.2) is 0 Å². The molecular weight excluding hydrogens is 214 g/mol. The topological polar surface area (TPSA) is 12.0 Å². The summed E-state index contributed by atoms with van der Waals surface area (Å²) in [5.41, 5.74) is 3.54. The second-order valence-corrected chi connectivity index (χ2v) is 4.11. The van der Waals surface area contributed by atoms with E-state index >= 15 is 0 Å². The number of benzene rings is 2. The molecule has 2 heteroatoms. The molecule has 2 rings (SSSR count). The van der Waals surface area contributed by atoms with Crippen molar-refractivity contribution in [3.8, 4) is 11.1 Å². The van der Waals surface area contributed by atoms with Crippen LogP contribution in [-0.2, 0) is 0 Å². The molecular formula is C14H15NS. The van der Waals surface area contributed by atoms with Crippen LogP contribution in [-0.4, -0.2) is 6.54 Å². The summed E-state index contributed by atoms with van der Waals surface area (Å²) in [5.74, 6) is 0. The van der Waals surface area contributed by atoms with Crippen LogP contribution in [0.15, 0.2) is 53.4 Å². The van der Waals surface area contributed by atoms with Gasteiger partial charge in [-0.15, -0.1) is 12.6 Å². The standard InChI is InChI=1S/C14H15NS/c1-2-15-13-10-12(8-9-14(13)16)11-6-4-3-5-7-11/h3-10,15-16H,2H2,1H3. The Morgan fingerprint density at radius 3 is 2.44 bits per heavy atom. The molecule has 0 saturated carbocycles. The minimum absolute atomic E-state index is 0.909. The molecule has 1 nitrogen and oxygen atoms in total. The first-order valence-corrected chi connectivity index (χ1v) is 5.88. The van der Waals surface area contributed by atoms with Crippen molar-refractivity contribution in [3.05, 3.63) is 48.5 Å². The van der Waals surface area contributed by atoms with Crippen LogP contribution in [0.2, 0.25) is 0 Å². The average Bonchev–Trinajstić information content (AvgIpc) is 2.33. The van der Waals surface area contributed by atoms with Crippen LogP contribution in [0.4, 0.5) is 5.69 Å². The number of thiol groups is 1. The summed E-state index contributed by atoms with van der Waals surface area (Å²) in [5, 5.41) is 3.31. The third-order valence-electron chi connectivity index (χ3n) is 2.47. The fourth-order valence-electron chi connectivity index (χ4n) is 1.68. The Bertz CT molecular complexity index is 465. The molecule has 1 N–H and O–H groups in total. The molecule has 0 atom stereocenters. The van der Waals surface area contributed by atoms with Crippen LogP contribution in [0.3, 0.4) is 0 Å². The Morgan fingerprint density at radius 2 is 1.75 bits per heavy atom. The van der Waals surface area contributed by atoms with E-state index in [1.54, 1.807) is 0 Å². The lowest BCUT2D eigenvalue weighted by atomic mass is 10.1. The molecule has 0 radical (unpaired) electrons. The molecule has 0 spiro atoms. The Hall–Kier alpha value is -1.41. The zero-order chi connectivity index (χ0) is 11.4. The van der Waals surface area contributed by atoms with Crippen molar-refractivity contribution >= 4 is 18.3 Å². The number of hydrogen-bond donors (Lipinski definition) is 2. The van der Waals surface area contributed by atoms with Crippen molar-refractivity contribution in [2.24, 2.45) is 0 Å². The van der Waals surface area contributed by atoms with Crippen molar-refractivity contribution < 1.29 is 0 Å². The molecule has 0 aromatic heterocycles. The van der Waals surface area contributed by atoms with Gasteiger partial charge in [-0.3, -0.25) is 0 Å². The second-order valence-electron chi connectivity index (χ2n) is 3.63. The number of rotatable bonds is 3. The van der Waals surface area contributed by atoms with Gasteiger partial charge in [0.2, 0.25) is 0 Å². The molecule has 0 aliphatic heterocycles. The predicted molar refractivity (Wildman–Crippen MR) is 73.3 cm³/mol. The first-order valence-electron chi connectivity index (χ1n) is 5.43. The van der Waals surface area contributed by atoms with Crippen molar-refractivity contribution in [3.63, 3.8) is 0 Å². The molecule has 0 heterocycles. The molecule has 0 bridgehead atoms. The lowest BCUT2D eigenvalue weighted by molar-refractivity contribution is 1.19. The molecule has 82 valence electrons. The van der Waals surface area contributed by atoms with E-state index in [0.717, 1.165) is 17.1 Å². The van der Waals surface area contributed by atoms with E-state index in [1.807, 2.05) is 12.1 Å². The highest BCUT2D eigenvalue weighted by Gasteiger charge is 2.01. The highest BCUT2D eigenvalue weighted by molar-refractivity contribution is 7.80. The largest absolute Gasteiger partial charge is 0.384 e.